The Bertz CT molecular complexity index is 650. The van der Waals surface area contributed by atoms with Crippen molar-refractivity contribution in [3.05, 3.63) is 50.9 Å². The standard InChI is InChI=1S/C15H16IN3O/c1-18-13(4-7-17-18)6-9-19-8-5-11-2-3-12(16)10-14(11)15(19)20/h2-4,7,10H,5-6,8-9H2,1H3. The fourth-order valence-electron chi connectivity index (χ4n) is 2.60. The van der Waals surface area contributed by atoms with E-state index in [1.165, 1.54) is 5.56 Å². The van der Waals surface area contributed by atoms with E-state index >= 15 is 0 Å². The molecule has 2 heterocycles. The van der Waals surface area contributed by atoms with Gasteiger partial charge in [0.05, 0.1) is 0 Å². The first-order valence-corrected chi connectivity index (χ1v) is 7.77. The Kier molecular flexibility index (Phi) is 3.78. The van der Waals surface area contributed by atoms with Crippen LogP contribution in [0.1, 0.15) is 21.6 Å². The third kappa shape index (κ3) is 2.59. The number of nitrogens with zero attached hydrogens (tertiary/aromatic N) is 3. The Morgan fingerprint density at radius 1 is 1.35 bits per heavy atom. The van der Waals surface area contributed by atoms with Crippen LogP contribution in [0.25, 0.3) is 0 Å². The number of aromatic nitrogens is 2. The van der Waals surface area contributed by atoms with Crippen molar-refractivity contribution in [2.45, 2.75) is 12.8 Å². The van der Waals surface area contributed by atoms with Crippen LogP contribution in [0.2, 0.25) is 0 Å². The van der Waals surface area contributed by atoms with E-state index in [1.807, 2.05) is 28.8 Å². The van der Waals surface area contributed by atoms with Crippen molar-refractivity contribution in [1.82, 2.24) is 14.7 Å². The van der Waals surface area contributed by atoms with E-state index in [4.69, 9.17) is 0 Å². The molecule has 20 heavy (non-hydrogen) atoms. The van der Waals surface area contributed by atoms with Gasteiger partial charge in [0.1, 0.15) is 0 Å². The van der Waals surface area contributed by atoms with E-state index in [9.17, 15) is 4.79 Å². The van der Waals surface area contributed by atoms with E-state index in [1.54, 1.807) is 6.20 Å². The van der Waals surface area contributed by atoms with Gasteiger partial charge in [0.2, 0.25) is 0 Å². The fourth-order valence-corrected chi connectivity index (χ4v) is 3.09. The molecule has 0 saturated heterocycles. The second kappa shape index (κ2) is 5.55. The quantitative estimate of drug-likeness (QED) is 0.766. The molecule has 0 spiro atoms. The van der Waals surface area contributed by atoms with Crippen molar-refractivity contribution in [3.63, 3.8) is 0 Å². The first kappa shape index (κ1) is 13.6. The van der Waals surface area contributed by atoms with E-state index in [2.05, 4.69) is 39.8 Å². The lowest BCUT2D eigenvalue weighted by atomic mass is 9.99. The largest absolute Gasteiger partial charge is 0.338 e. The molecular weight excluding hydrogens is 365 g/mol. The SMILES string of the molecule is Cn1nccc1CCN1CCc2ccc(I)cc2C1=O. The van der Waals surface area contributed by atoms with Gasteiger partial charge in [-0.1, -0.05) is 6.07 Å². The summed E-state index contributed by atoms with van der Waals surface area (Å²) in [4.78, 5) is 14.5. The van der Waals surface area contributed by atoms with Crippen molar-refractivity contribution < 1.29 is 4.79 Å². The predicted molar refractivity (Wildman–Crippen MR) is 85.7 cm³/mol. The van der Waals surface area contributed by atoms with Crippen LogP contribution in [-0.2, 0) is 19.9 Å². The van der Waals surface area contributed by atoms with E-state index in [-0.39, 0.29) is 5.91 Å². The van der Waals surface area contributed by atoms with Gasteiger partial charge in [-0.2, -0.15) is 5.10 Å². The summed E-state index contributed by atoms with van der Waals surface area (Å²) in [6.45, 7) is 1.56. The number of benzene rings is 1. The molecule has 0 aliphatic carbocycles. The van der Waals surface area contributed by atoms with Crippen LogP contribution in [0.5, 0.6) is 0 Å². The van der Waals surface area contributed by atoms with Crippen molar-refractivity contribution in [2.75, 3.05) is 13.1 Å². The summed E-state index contributed by atoms with van der Waals surface area (Å²) in [6, 6.07) is 8.14. The Morgan fingerprint density at radius 2 is 2.20 bits per heavy atom. The molecule has 2 aromatic rings. The number of aryl methyl sites for hydroxylation is 1. The first-order chi connectivity index (χ1) is 9.65. The molecule has 0 radical (unpaired) electrons. The van der Waals surface area contributed by atoms with Gasteiger partial charge in [-0.3, -0.25) is 9.48 Å². The zero-order valence-electron chi connectivity index (χ0n) is 11.3. The molecule has 0 bridgehead atoms. The van der Waals surface area contributed by atoms with E-state index in [0.29, 0.717) is 0 Å². The fraction of sp³-hybridized carbons (Fsp3) is 0.333. The molecule has 104 valence electrons. The summed E-state index contributed by atoms with van der Waals surface area (Å²) >= 11 is 2.25. The number of halogens is 1. The molecule has 1 amide bonds. The molecule has 0 saturated carbocycles. The van der Waals surface area contributed by atoms with Crippen molar-refractivity contribution in [2.24, 2.45) is 7.05 Å². The van der Waals surface area contributed by atoms with E-state index < -0.39 is 0 Å². The van der Waals surface area contributed by atoms with Crippen LogP contribution < -0.4 is 0 Å². The molecule has 3 rings (SSSR count). The summed E-state index contributed by atoms with van der Waals surface area (Å²) in [5, 5.41) is 4.16. The molecule has 1 aromatic carbocycles. The Morgan fingerprint density at radius 3 is 2.95 bits per heavy atom. The van der Waals surface area contributed by atoms with Crippen LogP contribution in [0.3, 0.4) is 0 Å². The minimum Gasteiger partial charge on any atom is -0.338 e. The molecule has 1 aliphatic rings. The summed E-state index contributed by atoms with van der Waals surface area (Å²) in [5.74, 6) is 0.159. The van der Waals surface area contributed by atoms with Crippen LogP contribution in [0, 0.1) is 3.57 Å². The lowest BCUT2D eigenvalue weighted by molar-refractivity contribution is 0.0741. The molecule has 1 aliphatic heterocycles. The second-order valence-electron chi connectivity index (χ2n) is 5.04. The van der Waals surface area contributed by atoms with Crippen LogP contribution in [0.4, 0.5) is 0 Å². The highest BCUT2D eigenvalue weighted by Crippen LogP contribution is 2.21. The number of fused-ring (bicyclic) bond motifs is 1. The summed E-state index contributed by atoms with van der Waals surface area (Å²) in [5.41, 5.74) is 3.20. The maximum atomic E-state index is 12.5. The number of hydrogen-bond acceptors (Lipinski definition) is 2. The highest BCUT2D eigenvalue weighted by Gasteiger charge is 2.24. The zero-order chi connectivity index (χ0) is 14.1. The Labute approximate surface area is 131 Å². The predicted octanol–water partition coefficient (Wildman–Crippen LogP) is 2.27. The minimum absolute atomic E-state index is 0.159. The molecular formula is C15H16IN3O. The maximum absolute atomic E-state index is 12.5. The van der Waals surface area contributed by atoms with Crippen molar-refractivity contribution >= 4 is 28.5 Å². The first-order valence-electron chi connectivity index (χ1n) is 6.70. The van der Waals surface area contributed by atoms with Crippen LogP contribution in [-0.4, -0.2) is 33.7 Å². The molecule has 0 N–H and O–H groups in total. The van der Waals surface area contributed by atoms with Crippen LogP contribution >= 0.6 is 22.6 Å². The molecule has 4 nitrogen and oxygen atoms in total. The van der Waals surface area contributed by atoms with E-state index in [0.717, 1.165) is 40.8 Å². The molecule has 0 atom stereocenters. The smallest absolute Gasteiger partial charge is 0.254 e. The topological polar surface area (TPSA) is 38.1 Å². The van der Waals surface area contributed by atoms with Gasteiger partial charge in [-0.15, -0.1) is 0 Å². The van der Waals surface area contributed by atoms with Gasteiger partial charge in [0.15, 0.2) is 0 Å². The Balaban J connectivity index is 1.74. The molecule has 5 heteroatoms. The van der Waals surface area contributed by atoms with Crippen molar-refractivity contribution in [1.29, 1.82) is 0 Å². The molecule has 0 unspecified atom stereocenters. The lowest BCUT2D eigenvalue weighted by Crippen LogP contribution is -2.39. The number of hydrogen-bond donors (Lipinski definition) is 0. The van der Waals surface area contributed by atoms with Gasteiger partial charge in [-0.05, 0) is 52.8 Å². The van der Waals surface area contributed by atoms with Crippen molar-refractivity contribution in [3.8, 4) is 0 Å². The normalized spacial score (nSPS) is 14.5. The highest BCUT2D eigenvalue weighted by molar-refractivity contribution is 14.1. The number of carbonyl (C=O) groups excluding carboxylic acids is 1. The van der Waals surface area contributed by atoms with Gasteiger partial charge in [0.25, 0.3) is 5.91 Å². The van der Waals surface area contributed by atoms with Gasteiger partial charge in [-0.25, -0.2) is 0 Å². The monoisotopic (exact) mass is 381 g/mol. The maximum Gasteiger partial charge on any atom is 0.254 e. The van der Waals surface area contributed by atoms with Gasteiger partial charge < -0.3 is 4.90 Å². The zero-order valence-corrected chi connectivity index (χ0v) is 13.5. The molecule has 0 fully saturated rings. The third-order valence-electron chi connectivity index (χ3n) is 3.80. The number of rotatable bonds is 3. The highest BCUT2D eigenvalue weighted by atomic mass is 127. The lowest BCUT2D eigenvalue weighted by Gasteiger charge is -2.28. The number of amides is 1. The van der Waals surface area contributed by atoms with Crippen LogP contribution in [0.15, 0.2) is 30.5 Å². The van der Waals surface area contributed by atoms with Gasteiger partial charge >= 0.3 is 0 Å². The molecule has 1 aromatic heterocycles. The average Bonchev–Trinajstić information content (AvgIpc) is 2.84. The summed E-state index contributed by atoms with van der Waals surface area (Å²) < 4.78 is 2.98. The third-order valence-corrected chi connectivity index (χ3v) is 4.47. The Hall–Kier alpha value is -1.37. The summed E-state index contributed by atoms with van der Waals surface area (Å²) in [6.07, 6.45) is 3.59. The average molecular weight is 381 g/mol. The van der Waals surface area contributed by atoms with Gasteiger partial charge in [0, 0.05) is 47.6 Å². The second-order valence-corrected chi connectivity index (χ2v) is 6.29. The summed E-state index contributed by atoms with van der Waals surface area (Å²) in [7, 11) is 1.94. The minimum atomic E-state index is 0.159. The number of carbonyl (C=O) groups is 1.